The summed E-state index contributed by atoms with van der Waals surface area (Å²) >= 11 is 0. The highest BCUT2D eigenvalue weighted by atomic mass is 16.5. The van der Waals surface area contributed by atoms with Gasteiger partial charge < -0.3 is 10.1 Å². The quantitative estimate of drug-likeness (QED) is 0.506. The fraction of sp³-hybridized carbons (Fsp3) is 0.818. The molecule has 0 aromatic rings. The summed E-state index contributed by atoms with van der Waals surface area (Å²) in [6.45, 7) is 14.8. The second kappa shape index (κ2) is 6.17. The minimum Gasteiger partial charge on any atom is -0.371 e. The second-order valence-corrected chi connectivity index (χ2v) is 4.33. The highest BCUT2D eigenvalue weighted by Crippen LogP contribution is 2.07. The van der Waals surface area contributed by atoms with E-state index in [4.69, 9.17) is 4.74 Å². The lowest BCUT2D eigenvalue weighted by Crippen LogP contribution is -2.24. The first-order valence-electron chi connectivity index (χ1n) is 4.97. The van der Waals surface area contributed by atoms with Gasteiger partial charge in [-0.25, -0.2) is 0 Å². The van der Waals surface area contributed by atoms with Crippen molar-refractivity contribution in [2.24, 2.45) is 0 Å². The zero-order valence-corrected chi connectivity index (χ0v) is 9.44. The van der Waals surface area contributed by atoms with E-state index >= 15 is 0 Å². The summed E-state index contributed by atoms with van der Waals surface area (Å²) < 4.78 is 5.58. The minimum atomic E-state index is -0.0618. The summed E-state index contributed by atoms with van der Waals surface area (Å²) in [6.07, 6.45) is 1.16. The maximum absolute atomic E-state index is 5.58. The summed E-state index contributed by atoms with van der Waals surface area (Å²) in [5, 5.41) is 3.29. The Balaban J connectivity index is 3.41. The van der Waals surface area contributed by atoms with Crippen molar-refractivity contribution in [2.45, 2.75) is 39.7 Å². The lowest BCUT2D eigenvalue weighted by atomic mass is 10.2. The first-order valence-corrected chi connectivity index (χ1v) is 4.97. The number of hydrogen-bond acceptors (Lipinski definition) is 2. The van der Waals surface area contributed by atoms with Crippen LogP contribution in [0.25, 0.3) is 0 Å². The first-order chi connectivity index (χ1) is 5.95. The predicted molar refractivity (Wildman–Crippen MR) is 58.0 cm³/mol. The Morgan fingerprint density at radius 3 is 2.46 bits per heavy atom. The molecule has 78 valence electrons. The number of rotatable bonds is 6. The van der Waals surface area contributed by atoms with Gasteiger partial charge in [-0.3, -0.25) is 0 Å². The molecule has 0 rings (SSSR count). The smallest absolute Gasteiger partial charge is 0.0693 e. The average molecular weight is 185 g/mol. The number of ether oxygens (including phenoxy) is 1. The molecular weight excluding hydrogens is 162 g/mol. The molecule has 0 aromatic carbocycles. The van der Waals surface area contributed by atoms with Crippen LogP contribution in [0.4, 0.5) is 0 Å². The van der Waals surface area contributed by atoms with Gasteiger partial charge in [-0.15, -0.1) is 0 Å². The maximum atomic E-state index is 5.58. The van der Waals surface area contributed by atoms with Crippen LogP contribution in [0.15, 0.2) is 12.2 Å². The van der Waals surface area contributed by atoms with Gasteiger partial charge in [0.25, 0.3) is 0 Å². The van der Waals surface area contributed by atoms with Gasteiger partial charge in [-0.1, -0.05) is 13.5 Å². The average Bonchev–Trinajstić information content (AvgIpc) is 2.00. The van der Waals surface area contributed by atoms with Crippen molar-refractivity contribution in [3.8, 4) is 0 Å². The Bertz CT molecular complexity index is 147. The predicted octanol–water partition coefficient (Wildman–Crippen LogP) is 2.36. The van der Waals surface area contributed by atoms with Gasteiger partial charge in [0.15, 0.2) is 0 Å². The lowest BCUT2D eigenvalue weighted by Gasteiger charge is -2.20. The Hall–Kier alpha value is -0.340. The van der Waals surface area contributed by atoms with Crippen molar-refractivity contribution in [2.75, 3.05) is 19.7 Å². The molecule has 2 heteroatoms. The van der Waals surface area contributed by atoms with E-state index in [0.717, 1.165) is 25.1 Å². The summed E-state index contributed by atoms with van der Waals surface area (Å²) in [5.74, 6) is 0. The molecule has 0 radical (unpaired) electrons. The molecule has 0 atom stereocenters. The lowest BCUT2D eigenvalue weighted by molar-refractivity contribution is 0.0106. The topological polar surface area (TPSA) is 21.3 Å². The summed E-state index contributed by atoms with van der Waals surface area (Å²) in [4.78, 5) is 0. The van der Waals surface area contributed by atoms with Crippen LogP contribution in [0.5, 0.6) is 0 Å². The molecule has 1 N–H and O–H groups in total. The van der Waals surface area contributed by atoms with Crippen LogP contribution in [0, 0.1) is 0 Å². The van der Waals surface area contributed by atoms with E-state index in [2.05, 4.69) is 39.6 Å². The molecular formula is C11H23NO. The highest BCUT2D eigenvalue weighted by Gasteiger charge is 2.09. The molecule has 0 saturated heterocycles. The Kier molecular flexibility index (Phi) is 6.00. The molecule has 0 aliphatic heterocycles. The Labute approximate surface area is 82.4 Å². The third-order valence-corrected chi connectivity index (χ3v) is 1.51. The van der Waals surface area contributed by atoms with Crippen molar-refractivity contribution >= 4 is 0 Å². The van der Waals surface area contributed by atoms with Crippen molar-refractivity contribution in [3.05, 3.63) is 12.2 Å². The molecule has 0 aromatic heterocycles. The van der Waals surface area contributed by atoms with Gasteiger partial charge in [-0.05, 0) is 39.3 Å². The minimum absolute atomic E-state index is 0.0618. The van der Waals surface area contributed by atoms with Gasteiger partial charge in [0.1, 0.15) is 0 Å². The molecule has 0 amide bonds. The summed E-state index contributed by atoms with van der Waals surface area (Å²) in [7, 11) is 0. The standard InChI is InChI=1S/C11H23NO/c1-6-7-12-8-10(2)9-13-11(3,4)5/h12H,2,6-9H2,1,3-5H3. The molecule has 0 aliphatic rings. The fourth-order valence-corrected chi connectivity index (χ4v) is 0.812. The third kappa shape index (κ3) is 9.57. The monoisotopic (exact) mass is 185 g/mol. The van der Waals surface area contributed by atoms with Crippen molar-refractivity contribution in [1.82, 2.24) is 5.32 Å². The largest absolute Gasteiger partial charge is 0.371 e. The molecule has 0 bridgehead atoms. The van der Waals surface area contributed by atoms with E-state index < -0.39 is 0 Å². The second-order valence-electron chi connectivity index (χ2n) is 4.33. The van der Waals surface area contributed by atoms with E-state index in [0.29, 0.717) is 6.61 Å². The zero-order chi connectivity index (χ0) is 10.3. The SMILES string of the molecule is C=C(CNCCC)COC(C)(C)C. The van der Waals surface area contributed by atoms with E-state index in [1.54, 1.807) is 0 Å². The normalized spacial score (nSPS) is 11.7. The molecule has 0 aliphatic carbocycles. The van der Waals surface area contributed by atoms with Gasteiger partial charge in [0.05, 0.1) is 12.2 Å². The molecule has 0 unspecified atom stereocenters. The van der Waals surface area contributed by atoms with Gasteiger partial charge >= 0.3 is 0 Å². The fourth-order valence-electron chi connectivity index (χ4n) is 0.812. The Morgan fingerprint density at radius 2 is 2.00 bits per heavy atom. The first kappa shape index (κ1) is 12.7. The van der Waals surface area contributed by atoms with Crippen molar-refractivity contribution in [3.63, 3.8) is 0 Å². The molecule has 2 nitrogen and oxygen atoms in total. The van der Waals surface area contributed by atoms with Crippen LogP contribution in [0.1, 0.15) is 34.1 Å². The van der Waals surface area contributed by atoms with E-state index in [1.165, 1.54) is 0 Å². The van der Waals surface area contributed by atoms with Gasteiger partial charge in [-0.2, -0.15) is 0 Å². The molecule has 0 fully saturated rings. The van der Waals surface area contributed by atoms with Crippen LogP contribution in [0.3, 0.4) is 0 Å². The van der Waals surface area contributed by atoms with Crippen LogP contribution in [-0.4, -0.2) is 25.3 Å². The maximum Gasteiger partial charge on any atom is 0.0693 e. The summed E-state index contributed by atoms with van der Waals surface area (Å²) in [5.41, 5.74) is 1.05. The molecule has 0 spiro atoms. The Morgan fingerprint density at radius 1 is 1.38 bits per heavy atom. The third-order valence-electron chi connectivity index (χ3n) is 1.51. The highest BCUT2D eigenvalue weighted by molar-refractivity contribution is 4.97. The molecule has 13 heavy (non-hydrogen) atoms. The van der Waals surface area contributed by atoms with Crippen molar-refractivity contribution < 1.29 is 4.74 Å². The van der Waals surface area contributed by atoms with E-state index in [1.807, 2.05) is 0 Å². The summed E-state index contributed by atoms with van der Waals surface area (Å²) in [6, 6.07) is 0. The number of hydrogen-bond donors (Lipinski definition) is 1. The van der Waals surface area contributed by atoms with Gasteiger partial charge in [0.2, 0.25) is 0 Å². The van der Waals surface area contributed by atoms with E-state index in [-0.39, 0.29) is 5.60 Å². The van der Waals surface area contributed by atoms with Gasteiger partial charge in [0, 0.05) is 6.54 Å². The van der Waals surface area contributed by atoms with E-state index in [9.17, 15) is 0 Å². The van der Waals surface area contributed by atoms with Crippen molar-refractivity contribution in [1.29, 1.82) is 0 Å². The zero-order valence-electron chi connectivity index (χ0n) is 9.44. The molecule has 0 saturated carbocycles. The van der Waals surface area contributed by atoms with Crippen LogP contribution in [-0.2, 0) is 4.74 Å². The van der Waals surface area contributed by atoms with Crippen LogP contribution >= 0.6 is 0 Å². The number of nitrogens with one attached hydrogen (secondary N) is 1. The molecule has 0 heterocycles. The van der Waals surface area contributed by atoms with Crippen LogP contribution < -0.4 is 5.32 Å². The van der Waals surface area contributed by atoms with Crippen LogP contribution in [0.2, 0.25) is 0 Å².